The Bertz CT molecular complexity index is 712. The minimum atomic E-state index is 0.0490. The van der Waals surface area contributed by atoms with Gasteiger partial charge in [0.1, 0.15) is 11.8 Å². The third kappa shape index (κ3) is 2.76. The van der Waals surface area contributed by atoms with E-state index in [4.69, 9.17) is 21.0 Å². The topological polar surface area (TPSA) is 109 Å². The Morgan fingerprint density at radius 2 is 1.95 bits per heavy atom. The van der Waals surface area contributed by atoms with Crippen molar-refractivity contribution in [3.05, 3.63) is 41.2 Å². The van der Waals surface area contributed by atoms with E-state index < -0.39 is 0 Å². The molecular formula is C13H9N5O. The second-order valence-corrected chi connectivity index (χ2v) is 3.76. The zero-order valence-electron chi connectivity index (χ0n) is 10.1. The lowest BCUT2D eigenvalue weighted by atomic mass is 10.2. The van der Waals surface area contributed by atoms with Gasteiger partial charge in [-0.25, -0.2) is 4.98 Å². The van der Waals surface area contributed by atoms with Gasteiger partial charge in [0.15, 0.2) is 5.75 Å². The van der Waals surface area contributed by atoms with E-state index in [0.29, 0.717) is 22.7 Å². The van der Waals surface area contributed by atoms with E-state index in [0.717, 1.165) is 0 Å². The molecular weight excluding hydrogens is 242 g/mol. The van der Waals surface area contributed by atoms with Crippen molar-refractivity contribution in [1.29, 1.82) is 10.5 Å². The first-order chi connectivity index (χ1) is 9.12. The van der Waals surface area contributed by atoms with E-state index in [1.165, 1.54) is 6.07 Å². The fraction of sp³-hybridized carbons (Fsp3) is 0.0769. The predicted molar refractivity (Wildman–Crippen MR) is 67.1 cm³/mol. The number of anilines is 1. The maximum absolute atomic E-state index is 8.82. The molecule has 0 aliphatic carbocycles. The van der Waals surface area contributed by atoms with Gasteiger partial charge in [0.05, 0.1) is 17.3 Å². The number of nitrogen functional groups attached to an aromatic ring is 1. The second-order valence-electron chi connectivity index (χ2n) is 3.76. The molecule has 2 rings (SSSR count). The first-order valence-corrected chi connectivity index (χ1v) is 5.35. The molecule has 0 radical (unpaired) electrons. The monoisotopic (exact) mass is 251 g/mol. The lowest BCUT2D eigenvalue weighted by molar-refractivity contribution is 0.442. The molecule has 0 bridgehead atoms. The van der Waals surface area contributed by atoms with Gasteiger partial charge in [-0.05, 0) is 31.2 Å². The van der Waals surface area contributed by atoms with Crippen molar-refractivity contribution in [2.24, 2.45) is 0 Å². The van der Waals surface area contributed by atoms with Gasteiger partial charge >= 0.3 is 6.01 Å². The number of aromatic nitrogens is 2. The van der Waals surface area contributed by atoms with Crippen LogP contribution in [0, 0.1) is 29.6 Å². The summed E-state index contributed by atoms with van der Waals surface area (Å²) in [5.41, 5.74) is 7.34. The zero-order chi connectivity index (χ0) is 13.8. The standard InChI is InChI=1S/C13H9N5O/c1-8-4-10(7-15)18-13(17-8)19-12-3-2-9(6-14)5-11(12)16/h2-5H,16H2,1H3. The van der Waals surface area contributed by atoms with Gasteiger partial charge in [-0.15, -0.1) is 0 Å². The summed E-state index contributed by atoms with van der Waals surface area (Å²) in [7, 11) is 0. The Hall–Kier alpha value is -3.12. The molecule has 0 amide bonds. The molecule has 6 nitrogen and oxygen atoms in total. The van der Waals surface area contributed by atoms with E-state index in [-0.39, 0.29) is 11.7 Å². The van der Waals surface area contributed by atoms with Crippen LogP contribution in [0.1, 0.15) is 17.0 Å². The van der Waals surface area contributed by atoms with E-state index >= 15 is 0 Å². The Labute approximate surface area is 109 Å². The summed E-state index contributed by atoms with van der Waals surface area (Å²) in [4.78, 5) is 7.97. The zero-order valence-corrected chi connectivity index (χ0v) is 10.1. The van der Waals surface area contributed by atoms with E-state index in [9.17, 15) is 0 Å². The van der Waals surface area contributed by atoms with Gasteiger partial charge in [0.25, 0.3) is 0 Å². The number of aryl methyl sites for hydroxylation is 1. The second kappa shape index (κ2) is 5.03. The Morgan fingerprint density at radius 1 is 1.16 bits per heavy atom. The highest BCUT2D eigenvalue weighted by Gasteiger charge is 2.07. The van der Waals surface area contributed by atoms with Crippen molar-refractivity contribution in [2.75, 3.05) is 5.73 Å². The number of nitrogens with zero attached hydrogens (tertiary/aromatic N) is 4. The molecule has 1 heterocycles. The molecule has 0 atom stereocenters. The smallest absolute Gasteiger partial charge is 0.323 e. The number of rotatable bonds is 2. The van der Waals surface area contributed by atoms with Crippen LogP contribution in [0.25, 0.3) is 0 Å². The Morgan fingerprint density at radius 3 is 2.58 bits per heavy atom. The van der Waals surface area contributed by atoms with Gasteiger partial charge in [-0.3, -0.25) is 0 Å². The highest BCUT2D eigenvalue weighted by atomic mass is 16.5. The SMILES string of the molecule is Cc1cc(C#N)nc(Oc2ccc(C#N)cc2N)n1. The number of hydrogen-bond acceptors (Lipinski definition) is 6. The summed E-state index contributed by atoms with van der Waals surface area (Å²) in [6.45, 7) is 1.73. The van der Waals surface area contributed by atoms with Crippen molar-refractivity contribution in [3.8, 4) is 23.9 Å². The summed E-state index contributed by atoms with van der Waals surface area (Å²) < 4.78 is 5.42. The van der Waals surface area contributed by atoms with Crippen molar-refractivity contribution >= 4 is 5.69 Å². The van der Waals surface area contributed by atoms with Crippen LogP contribution in [0.4, 0.5) is 5.69 Å². The minimum absolute atomic E-state index is 0.0490. The van der Waals surface area contributed by atoms with Gasteiger partial charge in [0, 0.05) is 5.69 Å². The molecule has 19 heavy (non-hydrogen) atoms. The summed E-state index contributed by atoms with van der Waals surface area (Å²) in [6.07, 6.45) is 0. The van der Waals surface area contributed by atoms with Crippen LogP contribution in [-0.4, -0.2) is 9.97 Å². The van der Waals surface area contributed by atoms with Crippen molar-refractivity contribution in [1.82, 2.24) is 9.97 Å². The summed E-state index contributed by atoms with van der Waals surface area (Å²) in [5, 5.41) is 17.6. The molecule has 0 saturated heterocycles. The number of benzene rings is 1. The van der Waals surface area contributed by atoms with Gasteiger partial charge in [-0.1, -0.05) is 0 Å². The van der Waals surface area contributed by atoms with E-state index in [1.807, 2.05) is 12.1 Å². The van der Waals surface area contributed by atoms with Crippen LogP contribution in [0.5, 0.6) is 11.8 Å². The van der Waals surface area contributed by atoms with Crippen LogP contribution in [0.2, 0.25) is 0 Å². The molecule has 0 aliphatic rings. The van der Waals surface area contributed by atoms with Crippen LogP contribution < -0.4 is 10.5 Å². The molecule has 0 saturated carbocycles. The molecule has 1 aromatic carbocycles. The normalized spacial score (nSPS) is 9.42. The number of nitriles is 2. The lowest BCUT2D eigenvalue weighted by Crippen LogP contribution is -1.99. The first-order valence-electron chi connectivity index (χ1n) is 5.35. The Balaban J connectivity index is 2.34. The van der Waals surface area contributed by atoms with Gasteiger partial charge in [-0.2, -0.15) is 15.5 Å². The fourth-order valence-electron chi connectivity index (χ4n) is 1.45. The third-order valence-electron chi connectivity index (χ3n) is 2.29. The van der Waals surface area contributed by atoms with Crippen LogP contribution in [0.3, 0.4) is 0 Å². The summed E-state index contributed by atoms with van der Waals surface area (Å²) >= 11 is 0. The third-order valence-corrected chi connectivity index (χ3v) is 2.29. The predicted octanol–water partition coefficient (Wildman–Crippen LogP) is 1.90. The largest absolute Gasteiger partial charge is 0.422 e. The molecule has 0 unspecified atom stereocenters. The number of ether oxygens (including phenoxy) is 1. The van der Waals surface area contributed by atoms with Gasteiger partial charge < -0.3 is 10.5 Å². The molecule has 92 valence electrons. The summed E-state index contributed by atoms with van der Waals surface area (Å²) in [6, 6.07) is 10.1. The van der Waals surface area contributed by atoms with Crippen molar-refractivity contribution in [2.45, 2.75) is 6.92 Å². The summed E-state index contributed by atoms with van der Waals surface area (Å²) in [5.74, 6) is 0.341. The molecule has 2 aromatic rings. The molecule has 1 aromatic heterocycles. The Kier molecular flexibility index (Phi) is 3.26. The van der Waals surface area contributed by atoms with E-state index in [1.54, 1.807) is 25.1 Å². The molecule has 6 heteroatoms. The van der Waals surface area contributed by atoms with Crippen LogP contribution in [-0.2, 0) is 0 Å². The van der Waals surface area contributed by atoms with Gasteiger partial charge in [0.2, 0.25) is 0 Å². The average Bonchev–Trinajstić information content (AvgIpc) is 2.40. The molecule has 0 aliphatic heterocycles. The number of hydrogen-bond donors (Lipinski definition) is 1. The first kappa shape index (κ1) is 12.3. The quantitative estimate of drug-likeness (QED) is 0.816. The minimum Gasteiger partial charge on any atom is -0.422 e. The number of nitrogens with two attached hydrogens (primary N) is 1. The maximum Gasteiger partial charge on any atom is 0.323 e. The van der Waals surface area contributed by atoms with E-state index in [2.05, 4.69) is 9.97 Å². The highest BCUT2D eigenvalue weighted by Crippen LogP contribution is 2.26. The molecule has 0 spiro atoms. The molecule has 2 N–H and O–H groups in total. The average molecular weight is 251 g/mol. The van der Waals surface area contributed by atoms with Crippen molar-refractivity contribution in [3.63, 3.8) is 0 Å². The fourth-order valence-corrected chi connectivity index (χ4v) is 1.45. The lowest BCUT2D eigenvalue weighted by Gasteiger charge is -2.07. The van der Waals surface area contributed by atoms with Crippen LogP contribution in [0.15, 0.2) is 24.3 Å². The molecule has 0 fully saturated rings. The van der Waals surface area contributed by atoms with Crippen molar-refractivity contribution < 1.29 is 4.74 Å². The van der Waals surface area contributed by atoms with Crippen LogP contribution >= 0.6 is 0 Å². The maximum atomic E-state index is 8.82. The highest BCUT2D eigenvalue weighted by molar-refractivity contribution is 5.57.